The Bertz CT molecular complexity index is 1570. The van der Waals surface area contributed by atoms with Crippen molar-refractivity contribution >= 4 is 11.7 Å². The van der Waals surface area contributed by atoms with Gasteiger partial charge in [0.1, 0.15) is 11.6 Å². The minimum Gasteiger partial charge on any atom is -0.493 e. The minimum atomic E-state index is -1.17. The summed E-state index contributed by atoms with van der Waals surface area (Å²) in [5, 5.41) is 14.4. The summed E-state index contributed by atoms with van der Waals surface area (Å²) in [4.78, 5) is 20.6. The number of nitrogens with zero attached hydrogens (tertiary/aromatic N) is 2. The Labute approximate surface area is 290 Å². The van der Waals surface area contributed by atoms with E-state index < -0.39 is 17.7 Å². The highest BCUT2D eigenvalue weighted by Gasteiger charge is 2.42. The number of hydrogen-bond acceptors (Lipinski definition) is 7. The van der Waals surface area contributed by atoms with Crippen LogP contribution in [0.3, 0.4) is 0 Å². The molecule has 49 heavy (non-hydrogen) atoms. The summed E-state index contributed by atoms with van der Waals surface area (Å²) in [5.41, 5.74) is 5.81. The van der Waals surface area contributed by atoms with E-state index in [-0.39, 0.29) is 5.82 Å². The van der Waals surface area contributed by atoms with Gasteiger partial charge in [0.25, 0.3) is 0 Å². The molecule has 2 N–H and O–H groups in total. The molecule has 3 aliphatic rings. The normalized spacial score (nSPS) is 18.7. The number of nitrogens with one attached hydrogen (secondary N) is 1. The number of aromatic nitrogens is 1. The highest BCUT2D eigenvalue weighted by molar-refractivity contribution is 5.88. The van der Waals surface area contributed by atoms with Crippen molar-refractivity contribution in [2.75, 3.05) is 37.8 Å². The largest absolute Gasteiger partial charge is 0.493 e. The van der Waals surface area contributed by atoms with Crippen molar-refractivity contribution in [1.82, 2.24) is 10.3 Å². The Morgan fingerprint density at radius 2 is 1.73 bits per heavy atom. The maximum absolute atomic E-state index is 13.3. The number of carboxylic acids is 1. The van der Waals surface area contributed by atoms with E-state index in [1.54, 1.807) is 12.1 Å². The van der Waals surface area contributed by atoms with E-state index in [9.17, 15) is 14.3 Å². The number of carbonyl (C=O) groups is 1. The number of rotatable bonds is 12. The van der Waals surface area contributed by atoms with Crippen LogP contribution >= 0.6 is 0 Å². The molecule has 2 aromatic carbocycles. The van der Waals surface area contributed by atoms with Crippen LogP contribution in [0.2, 0.25) is 0 Å². The first-order valence-electron chi connectivity index (χ1n) is 18.0. The van der Waals surface area contributed by atoms with Crippen LogP contribution in [0, 0.1) is 18.2 Å². The van der Waals surface area contributed by atoms with E-state index in [2.05, 4.69) is 22.3 Å². The highest BCUT2D eigenvalue weighted by atomic mass is 19.1. The number of pyridine rings is 1. The molecule has 1 atom stereocenters. The Kier molecular flexibility index (Phi) is 10.9. The Hall–Kier alpha value is -3.53. The number of aliphatic carboxylic acids is 1. The smallest absolute Gasteiger partial charge is 0.337 e. The van der Waals surface area contributed by atoms with Crippen molar-refractivity contribution < 1.29 is 28.5 Å². The SMILES string of the molecule is Cc1nc(CNC2CCOCC2)c(-c2ccc(OCCc3ccc(F)cc3)cc2)c(N2CCC3(CCC3)CC2)c1C(OC(C)(C)C)C(=O)O. The van der Waals surface area contributed by atoms with Gasteiger partial charge in [-0.15, -0.1) is 0 Å². The zero-order valence-electron chi connectivity index (χ0n) is 29.5. The molecule has 3 heterocycles. The molecule has 9 heteroatoms. The lowest BCUT2D eigenvalue weighted by molar-refractivity contribution is -0.160. The summed E-state index contributed by atoms with van der Waals surface area (Å²) in [6.45, 7) is 11.8. The van der Waals surface area contributed by atoms with Gasteiger partial charge in [0.05, 0.1) is 23.6 Å². The highest BCUT2D eigenvalue weighted by Crippen LogP contribution is 2.51. The van der Waals surface area contributed by atoms with Crippen LogP contribution in [0.4, 0.5) is 10.1 Å². The van der Waals surface area contributed by atoms with Crippen molar-refractivity contribution in [2.45, 2.75) is 103 Å². The standard InChI is InChI=1S/C40H52FN3O5/c1-27-34(37(38(45)46)49-39(2,3)4)36(44-21-19-40(20-22-44)17-5-18-40)35(33(43-27)26-42-31-15-23-47-24-16-31)29-8-12-32(13-9-29)48-25-14-28-6-10-30(41)11-7-28/h6-13,31,37,42H,5,14-26H2,1-4H3,(H,45,46). The van der Waals surface area contributed by atoms with Crippen LogP contribution in [0.5, 0.6) is 5.75 Å². The first kappa shape index (κ1) is 35.3. The second-order valence-electron chi connectivity index (χ2n) is 15.1. The van der Waals surface area contributed by atoms with E-state index in [1.807, 2.05) is 39.8 Å². The fourth-order valence-corrected chi connectivity index (χ4v) is 7.60. The molecule has 1 spiro atoms. The van der Waals surface area contributed by atoms with Crippen molar-refractivity contribution in [3.8, 4) is 16.9 Å². The molecule has 6 rings (SSSR count). The maximum atomic E-state index is 13.3. The van der Waals surface area contributed by atoms with E-state index in [0.717, 1.165) is 85.8 Å². The minimum absolute atomic E-state index is 0.248. The molecular weight excluding hydrogens is 621 g/mol. The molecule has 0 bridgehead atoms. The lowest BCUT2D eigenvalue weighted by atomic mass is 9.63. The Morgan fingerprint density at radius 3 is 2.33 bits per heavy atom. The van der Waals surface area contributed by atoms with Crippen LogP contribution in [0.15, 0.2) is 48.5 Å². The zero-order chi connectivity index (χ0) is 34.6. The molecule has 3 aromatic rings. The van der Waals surface area contributed by atoms with E-state index in [0.29, 0.717) is 42.3 Å². The second-order valence-corrected chi connectivity index (χ2v) is 15.1. The predicted molar refractivity (Wildman–Crippen MR) is 190 cm³/mol. The van der Waals surface area contributed by atoms with Gasteiger partial charge in [0.15, 0.2) is 6.10 Å². The Morgan fingerprint density at radius 1 is 1.06 bits per heavy atom. The maximum Gasteiger partial charge on any atom is 0.337 e. The molecule has 2 aliphatic heterocycles. The number of hydrogen-bond donors (Lipinski definition) is 2. The third kappa shape index (κ3) is 8.62. The molecule has 1 unspecified atom stereocenters. The van der Waals surface area contributed by atoms with Crippen LogP contribution in [0.25, 0.3) is 11.1 Å². The summed E-state index contributed by atoms with van der Waals surface area (Å²) in [6.07, 6.45) is 7.44. The van der Waals surface area contributed by atoms with Gasteiger partial charge in [0.2, 0.25) is 0 Å². The average Bonchev–Trinajstić information content (AvgIpc) is 3.07. The number of piperidine rings is 1. The number of aryl methyl sites for hydroxylation is 1. The third-order valence-corrected chi connectivity index (χ3v) is 10.5. The van der Waals surface area contributed by atoms with Gasteiger partial charge in [0, 0.05) is 62.1 Å². The monoisotopic (exact) mass is 673 g/mol. The van der Waals surface area contributed by atoms with Gasteiger partial charge in [-0.05, 0) is 107 Å². The van der Waals surface area contributed by atoms with Gasteiger partial charge in [-0.2, -0.15) is 0 Å². The lowest BCUT2D eigenvalue weighted by Gasteiger charge is -2.49. The van der Waals surface area contributed by atoms with Gasteiger partial charge < -0.3 is 29.5 Å². The number of halogens is 1. The lowest BCUT2D eigenvalue weighted by Crippen LogP contribution is -2.44. The first-order valence-corrected chi connectivity index (χ1v) is 18.0. The van der Waals surface area contributed by atoms with Crippen molar-refractivity contribution in [1.29, 1.82) is 0 Å². The number of anilines is 1. The van der Waals surface area contributed by atoms with Gasteiger partial charge in [-0.1, -0.05) is 30.7 Å². The molecule has 2 saturated heterocycles. The van der Waals surface area contributed by atoms with Crippen LogP contribution in [-0.2, 0) is 27.2 Å². The summed E-state index contributed by atoms with van der Waals surface area (Å²) in [6, 6.07) is 14.9. The molecular formula is C40H52FN3O5. The molecule has 0 amide bonds. The zero-order valence-corrected chi connectivity index (χ0v) is 29.5. The van der Waals surface area contributed by atoms with Gasteiger partial charge in [-0.3, -0.25) is 4.98 Å². The second kappa shape index (κ2) is 15.2. The number of carboxylic acid groups (broad SMARTS) is 1. The molecule has 8 nitrogen and oxygen atoms in total. The van der Waals surface area contributed by atoms with Crippen molar-refractivity contribution in [3.63, 3.8) is 0 Å². The van der Waals surface area contributed by atoms with E-state index in [4.69, 9.17) is 19.2 Å². The third-order valence-electron chi connectivity index (χ3n) is 10.5. The number of ether oxygens (including phenoxy) is 3. The fraction of sp³-hybridized carbons (Fsp3) is 0.550. The topological polar surface area (TPSA) is 93.2 Å². The van der Waals surface area contributed by atoms with Gasteiger partial charge >= 0.3 is 5.97 Å². The van der Waals surface area contributed by atoms with E-state index >= 15 is 0 Å². The number of benzene rings is 2. The molecule has 1 saturated carbocycles. The summed E-state index contributed by atoms with van der Waals surface area (Å²) >= 11 is 0. The van der Waals surface area contributed by atoms with Crippen LogP contribution in [0.1, 0.15) is 94.3 Å². The van der Waals surface area contributed by atoms with E-state index in [1.165, 1.54) is 31.4 Å². The Balaban J connectivity index is 1.39. The summed E-state index contributed by atoms with van der Waals surface area (Å²) < 4.78 is 31.4. The quantitative estimate of drug-likeness (QED) is 0.201. The summed E-state index contributed by atoms with van der Waals surface area (Å²) in [7, 11) is 0. The molecule has 0 radical (unpaired) electrons. The van der Waals surface area contributed by atoms with Crippen LogP contribution < -0.4 is 15.0 Å². The predicted octanol–water partition coefficient (Wildman–Crippen LogP) is 7.80. The molecule has 1 aromatic heterocycles. The van der Waals surface area contributed by atoms with Gasteiger partial charge in [-0.25, -0.2) is 9.18 Å². The van der Waals surface area contributed by atoms with Crippen molar-refractivity contribution in [2.24, 2.45) is 5.41 Å². The fourth-order valence-electron chi connectivity index (χ4n) is 7.60. The molecule has 3 fully saturated rings. The molecule has 1 aliphatic carbocycles. The van der Waals surface area contributed by atoms with Crippen LogP contribution in [-0.4, -0.2) is 60.6 Å². The first-order chi connectivity index (χ1) is 23.5. The summed E-state index contributed by atoms with van der Waals surface area (Å²) in [5.74, 6) is -0.529. The average molecular weight is 674 g/mol. The molecule has 264 valence electrons. The van der Waals surface area contributed by atoms with Crippen molar-refractivity contribution in [3.05, 3.63) is 76.9 Å².